The van der Waals surface area contributed by atoms with E-state index in [1.807, 2.05) is 55.5 Å². The maximum absolute atomic E-state index is 12.1. The molecular weight excluding hydrogens is 304 g/mol. The molecule has 0 spiro atoms. The lowest BCUT2D eigenvalue weighted by Crippen LogP contribution is -2.12. The van der Waals surface area contributed by atoms with Crippen LogP contribution in [0.15, 0.2) is 60.7 Å². The second-order valence-electron chi connectivity index (χ2n) is 5.52. The van der Waals surface area contributed by atoms with Gasteiger partial charge in [0.25, 0.3) is 0 Å². The Bertz CT molecular complexity index is 870. The van der Waals surface area contributed by atoms with Crippen molar-refractivity contribution in [2.24, 2.45) is 0 Å². The van der Waals surface area contributed by atoms with Crippen LogP contribution in [0.3, 0.4) is 0 Å². The average Bonchev–Trinajstić information content (AvgIpc) is 2.58. The van der Waals surface area contributed by atoms with Crippen molar-refractivity contribution >= 4 is 16.7 Å². The van der Waals surface area contributed by atoms with Gasteiger partial charge in [-0.2, -0.15) is 0 Å². The van der Waals surface area contributed by atoms with Crippen LogP contribution < -0.4 is 4.74 Å². The van der Waals surface area contributed by atoms with Crippen molar-refractivity contribution in [3.05, 3.63) is 71.8 Å². The number of esters is 1. The van der Waals surface area contributed by atoms with Crippen molar-refractivity contribution < 1.29 is 19.4 Å². The Hall–Kier alpha value is -3.01. The summed E-state index contributed by atoms with van der Waals surface area (Å²) in [5, 5.41) is 11.8. The number of phenols is 1. The molecule has 3 aromatic carbocycles. The van der Waals surface area contributed by atoms with E-state index in [4.69, 9.17) is 9.47 Å². The van der Waals surface area contributed by atoms with Crippen molar-refractivity contribution in [3.8, 4) is 11.5 Å². The normalized spacial score (nSPS) is 10.5. The summed E-state index contributed by atoms with van der Waals surface area (Å²) in [4.78, 5) is 12.1. The highest BCUT2D eigenvalue weighted by molar-refractivity contribution is 5.98. The van der Waals surface area contributed by atoms with E-state index in [1.165, 1.54) is 0 Å². The fourth-order valence-electron chi connectivity index (χ4n) is 2.47. The van der Waals surface area contributed by atoms with E-state index < -0.39 is 5.97 Å². The molecule has 0 bridgehead atoms. The fourth-order valence-corrected chi connectivity index (χ4v) is 2.47. The molecule has 0 aliphatic rings. The zero-order chi connectivity index (χ0) is 16.9. The van der Waals surface area contributed by atoms with Gasteiger partial charge in [-0.25, -0.2) is 4.79 Å². The zero-order valence-corrected chi connectivity index (χ0v) is 13.4. The summed E-state index contributed by atoms with van der Waals surface area (Å²) in [7, 11) is 0. The van der Waals surface area contributed by atoms with E-state index in [2.05, 4.69) is 0 Å². The highest BCUT2D eigenvalue weighted by Crippen LogP contribution is 2.25. The van der Waals surface area contributed by atoms with Gasteiger partial charge >= 0.3 is 5.97 Å². The number of fused-ring (bicyclic) bond motifs is 1. The molecule has 0 aliphatic heterocycles. The molecule has 0 unspecified atom stereocenters. The second kappa shape index (κ2) is 7.04. The Balaban J connectivity index is 1.60. The summed E-state index contributed by atoms with van der Waals surface area (Å²) in [6.07, 6.45) is 0. The molecule has 0 saturated carbocycles. The van der Waals surface area contributed by atoms with Crippen LogP contribution in [-0.2, 0) is 4.74 Å². The number of aryl methyl sites for hydroxylation is 1. The molecule has 0 aliphatic carbocycles. The summed E-state index contributed by atoms with van der Waals surface area (Å²) < 4.78 is 10.7. The van der Waals surface area contributed by atoms with E-state index >= 15 is 0 Å². The molecule has 0 amide bonds. The molecular formula is C20H18O4. The third kappa shape index (κ3) is 3.66. The monoisotopic (exact) mass is 322 g/mol. The van der Waals surface area contributed by atoms with Gasteiger partial charge in [0.2, 0.25) is 0 Å². The topological polar surface area (TPSA) is 55.8 Å². The smallest absolute Gasteiger partial charge is 0.342 e. The number of carbonyl (C=O) groups is 1. The first-order valence-corrected chi connectivity index (χ1v) is 7.72. The predicted octanol–water partition coefficient (Wildman–Crippen LogP) is 4.09. The molecule has 0 aromatic heterocycles. The Labute approximate surface area is 140 Å². The zero-order valence-electron chi connectivity index (χ0n) is 13.4. The summed E-state index contributed by atoms with van der Waals surface area (Å²) >= 11 is 0. The summed E-state index contributed by atoms with van der Waals surface area (Å²) in [6.45, 7) is 2.35. The largest absolute Gasteiger partial charge is 0.507 e. The van der Waals surface area contributed by atoms with Gasteiger partial charge in [0, 0.05) is 0 Å². The van der Waals surface area contributed by atoms with Crippen LogP contribution in [-0.4, -0.2) is 24.3 Å². The van der Waals surface area contributed by atoms with E-state index in [-0.39, 0.29) is 24.5 Å². The van der Waals surface area contributed by atoms with Gasteiger partial charge in [-0.15, -0.1) is 0 Å². The molecule has 3 rings (SSSR count). The molecule has 4 nitrogen and oxygen atoms in total. The lowest BCUT2D eigenvalue weighted by Gasteiger charge is -2.09. The lowest BCUT2D eigenvalue weighted by molar-refractivity contribution is 0.0447. The van der Waals surface area contributed by atoms with Crippen LogP contribution in [0.5, 0.6) is 11.5 Å². The number of rotatable bonds is 5. The molecule has 0 heterocycles. The first-order valence-electron chi connectivity index (χ1n) is 7.72. The maximum Gasteiger partial charge on any atom is 0.342 e. The number of hydrogen-bond donors (Lipinski definition) is 1. The SMILES string of the molecule is Cc1cccc(OCCOC(=O)c2cc3ccccc3cc2O)c1. The van der Waals surface area contributed by atoms with Crippen molar-refractivity contribution in [3.63, 3.8) is 0 Å². The third-order valence-corrected chi connectivity index (χ3v) is 3.66. The van der Waals surface area contributed by atoms with Crippen LogP contribution in [0.4, 0.5) is 0 Å². The standard InChI is InChI=1S/C20H18O4/c1-14-5-4-8-17(11-14)23-9-10-24-20(22)18-12-15-6-2-3-7-16(15)13-19(18)21/h2-8,11-13,21H,9-10H2,1H3. The lowest BCUT2D eigenvalue weighted by atomic mass is 10.1. The molecule has 0 fully saturated rings. The molecule has 0 radical (unpaired) electrons. The summed E-state index contributed by atoms with van der Waals surface area (Å²) in [5.74, 6) is 0.0870. The van der Waals surface area contributed by atoms with Crippen LogP contribution in [0.25, 0.3) is 10.8 Å². The number of phenolic OH excluding ortho intramolecular Hbond substituents is 1. The van der Waals surface area contributed by atoms with Crippen LogP contribution in [0, 0.1) is 6.92 Å². The van der Waals surface area contributed by atoms with Gasteiger partial charge in [0.05, 0.1) is 0 Å². The third-order valence-electron chi connectivity index (χ3n) is 3.66. The number of carbonyl (C=O) groups excluding carboxylic acids is 1. The van der Waals surface area contributed by atoms with Gasteiger partial charge in [0.15, 0.2) is 0 Å². The van der Waals surface area contributed by atoms with E-state index in [1.54, 1.807) is 12.1 Å². The number of aromatic hydroxyl groups is 1. The number of benzene rings is 3. The van der Waals surface area contributed by atoms with Gasteiger partial charge in [-0.3, -0.25) is 0 Å². The van der Waals surface area contributed by atoms with E-state index in [9.17, 15) is 9.90 Å². The van der Waals surface area contributed by atoms with Gasteiger partial charge in [0.1, 0.15) is 30.3 Å². The maximum atomic E-state index is 12.1. The minimum Gasteiger partial charge on any atom is -0.507 e. The Morgan fingerprint density at radius 2 is 1.71 bits per heavy atom. The molecule has 4 heteroatoms. The van der Waals surface area contributed by atoms with Crippen LogP contribution in [0.1, 0.15) is 15.9 Å². The Kier molecular flexibility index (Phi) is 4.66. The van der Waals surface area contributed by atoms with Gasteiger partial charge in [-0.1, -0.05) is 36.4 Å². The van der Waals surface area contributed by atoms with Gasteiger partial charge in [-0.05, 0) is 47.5 Å². The highest BCUT2D eigenvalue weighted by Gasteiger charge is 2.13. The van der Waals surface area contributed by atoms with Crippen molar-refractivity contribution in [2.45, 2.75) is 6.92 Å². The molecule has 122 valence electrons. The number of hydrogen-bond acceptors (Lipinski definition) is 4. The minimum absolute atomic E-state index is 0.0849. The predicted molar refractivity (Wildman–Crippen MR) is 92.6 cm³/mol. The number of ether oxygens (including phenoxy) is 2. The molecule has 0 saturated heterocycles. The highest BCUT2D eigenvalue weighted by atomic mass is 16.6. The molecule has 24 heavy (non-hydrogen) atoms. The minimum atomic E-state index is -0.564. The first kappa shape index (κ1) is 15.9. The van der Waals surface area contributed by atoms with Gasteiger partial charge < -0.3 is 14.6 Å². The average molecular weight is 322 g/mol. The fraction of sp³-hybridized carbons (Fsp3) is 0.150. The first-order chi connectivity index (χ1) is 11.6. The summed E-state index contributed by atoms with van der Waals surface area (Å²) in [5.41, 5.74) is 1.26. The van der Waals surface area contributed by atoms with Crippen molar-refractivity contribution in [1.82, 2.24) is 0 Å². The summed E-state index contributed by atoms with van der Waals surface area (Å²) in [6, 6.07) is 18.4. The quantitative estimate of drug-likeness (QED) is 0.568. The molecule has 3 aromatic rings. The molecule has 0 atom stereocenters. The van der Waals surface area contributed by atoms with Crippen LogP contribution in [0.2, 0.25) is 0 Å². The Morgan fingerprint density at radius 3 is 2.46 bits per heavy atom. The molecule has 1 N–H and O–H groups in total. The van der Waals surface area contributed by atoms with E-state index in [0.717, 1.165) is 22.1 Å². The van der Waals surface area contributed by atoms with Crippen molar-refractivity contribution in [1.29, 1.82) is 0 Å². The van der Waals surface area contributed by atoms with E-state index in [0.29, 0.717) is 0 Å². The van der Waals surface area contributed by atoms with Crippen LogP contribution >= 0.6 is 0 Å². The van der Waals surface area contributed by atoms with Crippen molar-refractivity contribution in [2.75, 3.05) is 13.2 Å². The second-order valence-corrected chi connectivity index (χ2v) is 5.52. The Morgan fingerprint density at radius 1 is 0.958 bits per heavy atom.